The van der Waals surface area contributed by atoms with Crippen LogP contribution in [0.5, 0.6) is 0 Å². The Morgan fingerprint density at radius 2 is 2.30 bits per heavy atom. The van der Waals surface area contributed by atoms with Gasteiger partial charge in [0.2, 0.25) is 0 Å². The average molecular weight is 299 g/mol. The monoisotopic (exact) mass is 298 g/mol. The highest BCUT2D eigenvalue weighted by molar-refractivity contribution is 6.34. The number of nitrogens with one attached hydrogen (secondary N) is 1. The van der Waals surface area contributed by atoms with Crippen molar-refractivity contribution < 1.29 is 9.72 Å². The largest absolute Gasteiger partial charge is 0.397 e. The van der Waals surface area contributed by atoms with Crippen LogP contribution in [0, 0.1) is 10.1 Å². The second-order valence-electron chi connectivity index (χ2n) is 4.87. The zero-order valence-corrected chi connectivity index (χ0v) is 11.7. The normalized spacial score (nSPS) is 19.0. The number of nitrogens with zero attached hydrogens (tertiary/aromatic N) is 2. The van der Waals surface area contributed by atoms with Crippen LogP contribution >= 0.6 is 11.6 Å². The van der Waals surface area contributed by atoms with Crippen molar-refractivity contribution in [3.05, 3.63) is 32.8 Å². The quantitative estimate of drug-likeness (QED) is 0.497. The number of nitro benzene ring substituents is 1. The summed E-state index contributed by atoms with van der Waals surface area (Å²) in [6.45, 7) is 1.64. The first-order valence-corrected chi connectivity index (χ1v) is 6.49. The van der Waals surface area contributed by atoms with E-state index in [1.54, 1.807) is 0 Å². The van der Waals surface area contributed by atoms with Crippen LogP contribution in [0.2, 0.25) is 5.02 Å². The molecule has 1 aromatic rings. The summed E-state index contributed by atoms with van der Waals surface area (Å²) in [5.74, 6) is -0.437. The van der Waals surface area contributed by atoms with Crippen LogP contribution in [0.15, 0.2) is 12.1 Å². The highest BCUT2D eigenvalue weighted by atomic mass is 35.5. The van der Waals surface area contributed by atoms with Crippen LogP contribution in [0.3, 0.4) is 0 Å². The van der Waals surface area contributed by atoms with Gasteiger partial charge < -0.3 is 16.0 Å². The van der Waals surface area contributed by atoms with Crippen LogP contribution in [0.4, 0.5) is 11.4 Å². The lowest BCUT2D eigenvalue weighted by Crippen LogP contribution is -2.36. The zero-order chi connectivity index (χ0) is 14.9. The average Bonchev–Trinajstić information content (AvgIpc) is 2.77. The summed E-state index contributed by atoms with van der Waals surface area (Å²) in [4.78, 5) is 24.4. The number of carbonyl (C=O) groups excluding carboxylic acids is 1. The van der Waals surface area contributed by atoms with Gasteiger partial charge in [-0.1, -0.05) is 11.6 Å². The molecule has 0 saturated carbocycles. The molecular weight excluding hydrogens is 284 g/mol. The van der Waals surface area contributed by atoms with Crippen LogP contribution in [0.1, 0.15) is 16.8 Å². The number of non-ortho nitro benzene ring substituents is 1. The minimum atomic E-state index is -0.606. The third-order valence-electron chi connectivity index (χ3n) is 3.30. The molecule has 0 radical (unpaired) electrons. The van der Waals surface area contributed by atoms with Crippen molar-refractivity contribution in [1.29, 1.82) is 0 Å². The molecule has 0 aliphatic carbocycles. The molecule has 7 nitrogen and oxygen atoms in total. The molecule has 1 saturated heterocycles. The number of likely N-dealkylation sites (N-methyl/N-ethyl adjacent to an activating group) is 1. The van der Waals surface area contributed by atoms with E-state index in [0.717, 1.165) is 31.6 Å². The molecular formula is C12H15ClN4O3. The number of anilines is 1. The zero-order valence-electron chi connectivity index (χ0n) is 10.9. The number of benzene rings is 1. The van der Waals surface area contributed by atoms with Crippen LogP contribution in [-0.4, -0.2) is 41.9 Å². The number of nitrogen functional groups attached to an aromatic ring is 1. The molecule has 8 heteroatoms. The minimum Gasteiger partial charge on any atom is -0.397 e. The van der Waals surface area contributed by atoms with Gasteiger partial charge in [-0.2, -0.15) is 0 Å². The molecule has 2 rings (SSSR count). The van der Waals surface area contributed by atoms with E-state index in [-0.39, 0.29) is 28.0 Å². The van der Waals surface area contributed by atoms with Gasteiger partial charge in [-0.15, -0.1) is 0 Å². The molecule has 20 heavy (non-hydrogen) atoms. The number of nitro groups is 1. The Balaban J connectivity index is 2.22. The van der Waals surface area contributed by atoms with Gasteiger partial charge in [0.25, 0.3) is 11.6 Å². The van der Waals surface area contributed by atoms with Crippen molar-refractivity contribution in [2.45, 2.75) is 12.5 Å². The molecule has 0 spiro atoms. The Bertz CT molecular complexity index is 564. The van der Waals surface area contributed by atoms with E-state index in [0.29, 0.717) is 0 Å². The van der Waals surface area contributed by atoms with Gasteiger partial charge in [0.05, 0.1) is 21.2 Å². The van der Waals surface area contributed by atoms with Crippen molar-refractivity contribution in [3.63, 3.8) is 0 Å². The maximum absolute atomic E-state index is 12.2. The first-order chi connectivity index (χ1) is 9.38. The van der Waals surface area contributed by atoms with E-state index in [9.17, 15) is 14.9 Å². The second-order valence-corrected chi connectivity index (χ2v) is 5.27. The van der Waals surface area contributed by atoms with Gasteiger partial charge in [0, 0.05) is 24.7 Å². The molecule has 1 unspecified atom stereocenters. The maximum atomic E-state index is 12.2. The summed E-state index contributed by atoms with van der Waals surface area (Å²) >= 11 is 5.83. The number of amides is 1. The lowest BCUT2D eigenvalue weighted by molar-refractivity contribution is -0.384. The van der Waals surface area contributed by atoms with E-state index in [4.69, 9.17) is 17.3 Å². The summed E-state index contributed by atoms with van der Waals surface area (Å²) in [6.07, 6.45) is 0.838. The topological polar surface area (TPSA) is 102 Å². The highest BCUT2D eigenvalue weighted by Crippen LogP contribution is 2.29. The van der Waals surface area contributed by atoms with E-state index < -0.39 is 10.8 Å². The molecule has 1 aliphatic heterocycles. The van der Waals surface area contributed by atoms with Gasteiger partial charge in [0.15, 0.2) is 0 Å². The van der Waals surface area contributed by atoms with E-state index in [1.807, 2.05) is 7.05 Å². The summed E-state index contributed by atoms with van der Waals surface area (Å²) in [7, 11) is 1.96. The Morgan fingerprint density at radius 3 is 2.85 bits per heavy atom. The van der Waals surface area contributed by atoms with Crippen molar-refractivity contribution in [2.24, 2.45) is 0 Å². The second kappa shape index (κ2) is 5.64. The van der Waals surface area contributed by atoms with Gasteiger partial charge in [-0.25, -0.2) is 0 Å². The van der Waals surface area contributed by atoms with E-state index in [2.05, 4.69) is 10.2 Å². The molecule has 0 bridgehead atoms. The summed E-state index contributed by atoms with van der Waals surface area (Å²) in [5.41, 5.74) is 5.57. The van der Waals surface area contributed by atoms with Crippen molar-refractivity contribution in [1.82, 2.24) is 10.2 Å². The molecule has 1 fully saturated rings. The molecule has 1 aromatic carbocycles. The predicted molar refractivity (Wildman–Crippen MR) is 75.9 cm³/mol. The van der Waals surface area contributed by atoms with E-state index in [1.165, 1.54) is 0 Å². The fourth-order valence-corrected chi connectivity index (χ4v) is 2.43. The summed E-state index contributed by atoms with van der Waals surface area (Å²) in [6, 6.07) is 2.30. The molecule has 1 amide bonds. The number of nitrogens with two attached hydrogens (primary N) is 1. The van der Waals surface area contributed by atoms with Gasteiger partial charge in [-0.05, 0) is 20.0 Å². The first-order valence-electron chi connectivity index (χ1n) is 6.11. The highest BCUT2D eigenvalue weighted by Gasteiger charge is 2.24. The van der Waals surface area contributed by atoms with Crippen molar-refractivity contribution in [3.8, 4) is 0 Å². The number of rotatable bonds is 3. The predicted octanol–water partition coefficient (Wildman–Crippen LogP) is 1.26. The molecule has 3 N–H and O–H groups in total. The van der Waals surface area contributed by atoms with E-state index >= 15 is 0 Å². The number of hydrogen-bond acceptors (Lipinski definition) is 5. The SMILES string of the molecule is CN1CCC(NC(=O)c2cc([N+](=O)[O-])cc(Cl)c2N)C1. The van der Waals surface area contributed by atoms with Crippen LogP contribution in [0.25, 0.3) is 0 Å². The smallest absolute Gasteiger partial charge is 0.271 e. The fraction of sp³-hybridized carbons (Fsp3) is 0.417. The summed E-state index contributed by atoms with van der Waals surface area (Å²) in [5, 5.41) is 13.6. The van der Waals surface area contributed by atoms with Crippen molar-refractivity contribution >= 4 is 28.9 Å². The van der Waals surface area contributed by atoms with Crippen LogP contribution < -0.4 is 11.1 Å². The fourth-order valence-electron chi connectivity index (χ4n) is 2.21. The lowest BCUT2D eigenvalue weighted by atomic mass is 10.1. The van der Waals surface area contributed by atoms with Gasteiger partial charge >= 0.3 is 0 Å². The first kappa shape index (κ1) is 14.5. The van der Waals surface area contributed by atoms with Gasteiger partial charge in [-0.3, -0.25) is 14.9 Å². The van der Waals surface area contributed by atoms with Crippen LogP contribution in [-0.2, 0) is 0 Å². The molecule has 108 valence electrons. The third-order valence-corrected chi connectivity index (χ3v) is 3.61. The maximum Gasteiger partial charge on any atom is 0.271 e. The Morgan fingerprint density at radius 1 is 1.60 bits per heavy atom. The lowest BCUT2D eigenvalue weighted by Gasteiger charge is -2.14. The molecule has 1 atom stereocenters. The summed E-state index contributed by atoms with van der Waals surface area (Å²) < 4.78 is 0. The number of carbonyl (C=O) groups is 1. The van der Waals surface area contributed by atoms with Crippen molar-refractivity contribution in [2.75, 3.05) is 25.9 Å². The Kier molecular flexibility index (Phi) is 4.10. The standard InChI is InChI=1S/C12H15ClN4O3/c1-16-3-2-7(6-16)15-12(18)9-4-8(17(19)20)5-10(13)11(9)14/h4-5,7H,2-3,6,14H2,1H3,(H,15,18). The molecule has 1 aliphatic rings. The third kappa shape index (κ3) is 3.00. The molecule has 1 heterocycles. The number of hydrogen-bond donors (Lipinski definition) is 2. The minimum absolute atomic E-state index is 0.00731. The number of likely N-dealkylation sites (tertiary alicyclic amines) is 1. The van der Waals surface area contributed by atoms with Gasteiger partial charge in [0.1, 0.15) is 0 Å². The Labute approximate surface area is 120 Å². The Hall–Kier alpha value is -1.86. The molecule has 0 aromatic heterocycles. The number of halogens is 1.